The van der Waals surface area contributed by atoms with E-state index in [1.54, 1.807) is 24.3 Å². The molecule has 0 spiro atoms. The van der Waals surface area contributed by atoms with Crippen LogP contribution in [0.4, 0.5) is 5.69 Å². The monoisotopic (exact) mass is 461 g/mol. The normalized spacial score (nSPS) is 11.3. The fraction of sp³-hybridized carbons (Fsp3) is 0.391. The fourth-order valence-corrected chi connectivity index (χ4v) is 2.93. The second-order valence-electron chi connectivity index (χ2n) is 8.30. The lowest BCUT2D eigenvalue weighted by Crippen LogP contribution is -2.22. The lowest BCUT2D eigenvalue weighted by Gasteiger charge is -2.23. The Hall–Kier alpha value is -2.34. The van der Waals surface area contributed by atoms with Crippen molar-refractivity contribution < 1.29 is 19.1 Å². The van der Waals surface area contributed by atoms with Crippen molar-refractivity contribution in [2.75, 3.05) is 18.5 Å². The summed E-state index contributed by atoms with van der Waals surface area (Å²) >= 11 is 3.48. The smallest absolute Gasteiger partial charge is 0.338 e. The average molecular weight is 462 g/mol. The highest BCUT2D eigenvalue weighted by molar-refractivity contribution is 9.10. The molecule has 0 aliphatic carbocycles. The predicted molar refractivity (Wildman–Crippen MR) is 119 cm³/mol. The van der Waals surface area contributed by atoms with E-state index in [-0.39, 0.29) is 29.8 Å². The summed E-state index contributed by atoms with van der Waals surface area (Å²) in [7, 11) is 0. The zero-order valence-corrected chi connectivity index (χ0v) is 19.1. The Kier molecular flexibility index (Phi) is 7.85. The maximum atomic E-state index is 12.3. The van der Waals surface area contributed by atoms with Crippen LogP contribution in [0.3, 0.4) is 0 Å². The Morgan fingerprint density at radius 2 is 1.72 bits per heavy atom. The largest absolute Gasteiger partial charge is 0.483 e. The minimum absolute atomic E-state index is 0.108. The summed E-state index contributed by atoms with van der Waals surface area (Å²) in [5, 5.41) is 2.77. The standard InChI is InChI=1S/C23H28BrNO4/c1-15(2)13-29-22(27)16-6-9-18(10-7-16)25-21(26)14-28-20-11-8-17(24)12-19(20)23(3,4)5/h6-12,15H,13-14H2,1-5H3,(H,25,26). The molecule has 0 heterocycles. The van der Waals surface area contributed by atoms with Gasteiger partial charge in [-0.3, -0.25) is 4.79 Å². The van der Waals surface area contributed by atoms with E-state index >= 15 is 0 Å². The Labute approximate surface area is 180 Å². The zero-order chi connectivity index (χ0) is 21.6. The van der Waals surface area contributed by atoms with Crippen molar-refractivity contribution in [1.82, 2.24) is 0 Å². The molecule has 0 radical (unpaired) electrons. The van der Waals surface area contributed by atoms with E-state index in [9.17, 15) is 9.59 Å². The third kappa shape index (κ3) is 7.20. The molecule has 0 aliphatic rings. The van der Waals surface area contributed by atoms with Crippen molar-refractivity contribution in [3.63, 3.8) is 0 Å². The van der Waals surface area contributed by atoms with E-state index < -0.39 is 0 Å². The van der Waals surface area contributed by atoms with Gasteiger partial charge in [-0.25, -0.2) is 4.79 Å². The van der Waals surface area contributed by atoms with Crippen LogP contribution in [-0.2, 0) is 14.9 Å². The third-order valence-electron chi connectivity index (χ3n) is 4.06. The SMILES string of the molecule is CC(C)COC(=O)c1ccc(NC(=O)COc2ccc(Br)cc2C(C)(C)C)cc1. The van der Waals surface area contributed by atoms with Crippen LogP contribution < -0.4 is 10.1 Å². The van der Waals surface area contributed by atoms with Crippen LogP contribution in [0.15, 0.2) is 46.9 Å². The molecule has 1 amide bonds. The molecule has 0 unspecified atom stereocenters. The first-order valence-corrected chi connectivity index (χ1v) is 10.4. The van der Waals surface area contributed by atoms with Crippen molar-refractivity contribution in [3.8, 4) is 5.75 Å². The molecular weight excluding hydrogens is 434 g/mol. The molecule has 0 aromatic heterocycles. The Morgan fingerprint density at radius 1 is 1.07 bits per heavy atom. The number of ether oxygens (including phenoxy) is 2. The van der Waals surface area contributed by atoms with Gasteiger partial charge in [0.25, 0.3) is 5.91 Å². The van der Waals surface area contributed by atoms with Crippen LogP contribution in [0.1, 0.15) is 50.5 Å². The van der Waals surface area contributed by atoms with Gasteiger partial charge in [-0.15, -0.1) is 0 Å². The topological polar surface area (TPSA) is 64.6 Å². The predicted octanol–water partition coefficient (Wildman–Crippen LogP) is 5.58. The number of amides is 1. The van der Waals surface area contributed by atoms with Crippen molar-refractivity contribution in [2.45, 2.75) is 40.0 Å². The number of anilines is 1. The molecule has 0 fully saturated rings. The number of nitrogens with one attached hydrogen (secondary N) is 1. The Morgan fingerprint density at radius 3 is 2.31 bits per heavy atom. The zero-order valence-electron chi connectivity index (χ0n) is 17.5. The molecule has 2 aromatic carbocycles. The molecule has 0 atom stereocenters. The molecule has 0 bridgehead atoms. The molecule has 0 aliphatic heterocycles. The quantitative estimate of drug-likeness (QED) is 0.546. The first-order chi connectivity index (χ1) is 13.6. The van der Waals surface area contributed by atoms with Crippen LogP contribution in [0, 0.1) is 5.92 Å². The van der Waals surface area contributed by atoms with E-state index in [0.29, 0.717) is 23.6 Å². The van der Waals surface area contributed by atoms with Crippen molar-refractivity contribution in [3.05, 3.63) is 58.1 Å². The summed E-state index contributed by atoms with van der Waals surface area (Å²) in [6, 6.07) is 12.4. The maximum Gasteiger partial charge on any atom is 0.338 e. The lowest BCUT2D eigenvalue weighted by atomic mass is 9.86. The number of rotatable bonds is 7. The van der Waals surface area contributed by atoms with Gasteiger partial charge in [0.15, 0.2) is 6.61 Å². The molecule has 6 heteroatoms. The number of hydrogen-bond donors (Lipinski definition) is 1. The highest BCUT2D eigenvalue weighted by Crippen LogP contribution is 2.33. The highest BCUT2D eigenvalue weighted by atomic mass is 79.9. The first kappa shape index (κ1) is 22.9. The van der Waals surface area contributed by atoms with Crippen molar-refractivity contribution in [2.24, 2.45) is 5.92 Å². The highest BCUT2D eigenvalue weighted by Gasteiger charge is 2.20. The second kappa shape index (κ2) is 9.92. The molecule has 156 valence electrons. The number of esters is 1. The van der Waals surface area contributed by atoms with E-state index in [2.05, 4.69) is 42.0 Å². The van der Waals surface area contributed by atoms with Crippen LogP contribution >= 0.6 is 15.9 Å². The minimum atomic E-state index is -0.371. The van der Waals surface area contributed by atoms with Crippen molar-refractivity contribution in [1.29, 1.82) is 0 Å². The molecule has 5 nitrogen and oxygen atoms in total. The van der Waals surface area contributed by atoms with Crippen molar-refractivity contribution >= 4 is 33.5 Å². The summed E-state index contributed by atoms with van der Waals surface area (Å²) < 4.78 is 11.9. The van der Waals surface area contributed by atoms with Gasteiger partial charge in [0.1, 0.15) is 5.75 Å². The van der Waals surface area contributed by atoms with E-state index in [4.69, 9.17) is 9.47 Å². The molecule has 29 heavy (non-hydrogen) atoms. The second-order valence-corrected chi connectivity index (χ2v) is 9.21. The number of carbonyl (C=O) groups is 2. The van der Waals surface area contributed by atoms with Gasteiger partial charge in [-0.05, 0) is 53.8 Å². The van der Waals surface area contributed by atoms with Crippen LogP contribution in [0.2, 0.25) is 0 Å². The van der Waals surface area contributed by atoms with Gasteiger partial charge >= 0.3 is 5.97 Å². The van der Waals surface area contributed by atoms with Gasteiger partial charge in [0, 0.05) is 15.7 Å². The number of carbonyl (C=O) groups excluding carboxylic acids is 2. The molecule has 2 rings (SSSR count). The van der Waals surface area contributed by atoms with Crippen LogP contribution in [-0.4, -0.2) is 25.1 Å². The lowest BCUT2D eigenvalue weighted by molar-refractivity contribution is -0.118. The van der Waals surface area contributed by atoms with Gasteiger partial charge in [0.05, 0.1) is 12.2 Å². The van der Waals surface area contributed by atoms with Gasteiger partial charge in [-0.1, -0.05) is 50.5 Å². The fourth-order valence-electron chi connectivity index (χ4n) is 2.57. The molecule has 1 N–H and O–H groups in total. The summed E-state index contributed by atoms with van der Waals surface area (Å²) in [5.41, 5.74) is 1.94. The molecule has 2 aromatic rings. The van der Waals surface area contributed by atoms with E-state index in [1.165, 1.54) is 0 Å². The van der Waals surface area contributed by atoms with Crippen LogP contribution in [0.25, 0.3) is 0 Å². The molecular formula is C23H28BrNO4. The Bertz CT molecular complexity index is 854. The average Bonchev–Trinajstić information content (AvgIpc) is 2.65. The Balaban J connectivity index is 1.94. The summed E-state index contributed by atoms with van der Waals surface area (Å²) in [6.07, 6.45) is 0. The summed E-state index contributed by atoms with van der Waals surface area (Å²) in [4.78, 5) is 24.2. The first-order valence-electron chi connectivity index (χ1n) is 9.56. The van der Waals surface area contributed by atoms with E-state index in [1.807, 2.05) is 32.0 Å². The number of hydrogen-bond acceptors (Lipinski definition) is 4. The molecule has 0 saturated heterocycles. The number of benzene rings is 2. The molecule has 0 saturated carbocycles. The van der Waals surface area contributed by atoms with Crippen LogP contribution in [0.5, 0.6) is 5.75 Å². The van der Waals surface area contributed by atoms with Gasteiger partial charge < -0.3 is 14.8 Å². The van der Waals surface area contributed by atoms with Gasteiger partial charge in [-0.2, -0.15) is 0 Å². The maximum absolute atomic E-state index is 12.3. The van der Waals surface area contributed by atoms with E-state index in [0.717, 1.165) is 10.0 Å². The summed E-state index contributed by atoms with van der Waals surface area (Å²) in [5.74, 6) is 0.314. The summed E-state index contributed by atoms with van der Waals surface area (Å²) in [6.45, 7) is 10.5. The third-order valence-corrected chi connectivity index (χ3v) is 4.55. The van der Waals surface area contributed by atoms with Gasteiger partial charge in [0.2, 0.25) is 0 Å². The number of halogens is 1. The minimum Gasteiger partial charge on any atom is -0.483 e.